The number of carbonyl (C=O) groups is 1. The lowest BCUT2D eigenvalue weighted by atomic mass is 10.0. The first kappa shape index (κ1) is 22.5. The highest BCUT2D eigenvalue weighted by atomic mass is 16.6. The van der Waals surface area contributed by atoms with E-state index in [1.54, 1.807) is 6.92 Å². The summed E-state index contributed by atoms with van der Waals surface area (Å²) < 4.78 is 16.4. The van der Waals surface area contributed by atoms with Gasteiger partial charge in [0.2, 0.25) is 11.8 Å². The molecule has 3 heterocycles. The lowest BCUT2D eigenvalue weighted by Gasteiger charge is -2.29. The summed E-state index contributed by atoms with van der Waals surface area (Å²) in [6.45, 7) is 5.39. The Labute approximate surface area is 188 Å². The van der Waals surface area contributed by atoms with Crippen LogP contribution in [0.25, 0.3) is 0 Å². The number of likely N-dealkylation sites (tertiary alicyclic amines) is 1. The van der Waals surface area contributed by atoms with Crippen molar-refractivity contribution >= 4 is 5.91 Å². The van der Waals surface area contributed by atoms with Crippen molar-refractivity contribution in [2.45, 2.75) is 57.6 Å². The minimum Gasteiger partial charge on any atom is -0.486 e. The zero-order valence-electron chi connectivity index (χ0n) is 18.6. The summed E-state index contributed by atoms with van der Waals surface area (Å²) in [4.78, 5) is 19.2. The number of unbranched alkanes of at least 4 members (excludes halogenated alkanes) is 1. The summed E-state index contributed by atoms with van der Waals surface area (Å²) in [5.74, 6) is 2.48. The Hall–Kier alpha value is -2.65. The second-order valence-corrected chi connectivity index (χ2v) is 8.47. The van der Waals surface area contributed by atoms with Crippen LogP contribution in [0.3, 0.4) is 0 Å². The number of carbonyl (C=O) groups excluding carboxylic acids is 1. The summed E-state index contributed by atoms with van der Waals surface area (Å²) >= 11 is 0. The van der Waals surface area contributed by atoms with Gasteiger partial charge >= 0.3 is 0 Å². The molecule has 0 aliphatic carbocycles. The van der Waals surface area contributed by atoms with Crippen molar-refractivity contribution in [2.75, 3.05) is 32.8 Å². The van der Waals surface area contributed by atoms with Crippen LogP contribution in [0.5, 0.6) is 11.5 Å². The number of aliphatic hydroxyl groups excluding tert-OH is 1. The lowest BCUT2D eigenvalue weighted by molar-refractivity contribution is -0.123. The Morgan fingerprint density at radius 3 is 2.72 bits per heavy atom. The molecule has 2 aromatic rings. The summed E-state index contributed by atoms with van der Waals surface area (Å²) in [5.41, 5.74) is 0.713. The van der Waals surface area contributed by atoms with E-state index in [-0.39, 0.29) is 5.91 Å². The fraction of sp³-hybridized carbons (Fsp3) is 0.609. The number of hydrogen-bond acceptors (Lipinski definition) is 8. The van der Waals surface area contributed by atoms with Crippen molar-refractivity contribution in [2.24, 2.45) is 0 Å². The monoisotopic (exact) mass is 444 g/mol. The summed E-state index contributed by atoms with van der Waals surface area (Å²) in [6, 6.07) is 5.07. The van der Waals surface area contributed by atoms with Crippen LogP contribution in [-0.2, 0) is 11.2 Å². The Morgan fingerprint density at radius 1 is 1.19 bits per heavy atom. The topological polar surface area (TPSA) is 110 Å². The molecule has 9 nitrogen and oxygen atoms in total. The zero-order valence-corrected chi connectivity index (χ0v) is 18.6. The molecule has 9 heteroatoms. The molecule has 1 amide bonds. The molecule has 2 atom stereocenters. The fourth-order valence-corrected chi connectivity index (χ4v) is 4.23. The van der Waals surface area contributed by atoms with E-state index < -0.39 is 12.1 Å². The van der Waals surface area contributed by atoms with E-state index in [0.29, 0.717) is 67.8 Å². The second kappa shape index (κ2) is 10.8. The third kappa shape index (κ3) is 5.98. The van der Waals surface area contributed by atoms with E-state index in [1.165, 1.54) is 0 Å². The van der Waals surface area contributed by atoms with E-state index in [0.717, 1.165) is 32.4 Å². The molecule has 4 rings (SSSR count). The molecule has 2 aliphatic rings. The number of ether oxygens (including phenoxy) is 2. The van der Waals surface area contributed by atoms with Gasteiger partial charge in [0.05, 0.1) is 6.04 Å². The van der Waals surface area contributed by atoms with Crippen LogP contribution in [0, 0.1) is 6.92 Å². The lowest BCUT2D eigenvalue weighted by Crippen LogP contribution is -2.46. The SMILES string of the molecule is Cc1noc(CCCCC(=O)N[C@@H](CN2CCCC2)[C@H](O)c2ccc3c(c2)OCCO3)n1. The van der Waals surface area contributed by atoms with E-state index in [4.69, 9.17) is 14.0 Å². The van der Waals surface area contributed by atoms with E-state index in [9.17, 15) is 9.90 Å². The van der Waals surface area contributed by atoms with Gasteiger partial charge in [0.25, 0.3) is 0 Å². The first-order valence-corrected chi connectivity index (χ1v) is 11.5. The summed E-state index contributed by atoms with van der Waals surface area (Å²) in [6.07, 6.45) is 4.01. The molecule has 2 N–H and O–H groups in total. The zero-order chi connectivity index (χ0) is 22.3. The van der Waals surface area contributed by atoms with Crippen molar-refractivity contribution < 1.29 is 23.9 Å². The van der Waals surface area contributed by atoms with Gasteiger partial charge in [-0.15, -0.1) is 0 Å². The summed E-state index contributed by atoms with van der Waals surface area (Å²) in [7, 11) is 0. The Balaban J connectivity index is 1.34. The minimum atomic E-state index is -0.836. The molecule has 0 saturated carbocycles. The average molecular weight is 445 g/mol. The van der Waals surface area contributed by atoms with Gasteiger partial charge in [-0.1, -0.05) is 11.2 Å². The number of fused-ring (bicyclic) bond motifs is 1. The second-order valence-electron chi connectivity index (χ2n) is 8.47. The molecular weight excluding hydrogens is 412 g/mol. The molecule has 2 aliphatic heterocycles. The molecule has 0 bridgehead atoms. The predicted molar refractivity (Wildman–Crippen MR) is 117 cm³/mol. The van der Waals surface area contributed by atoms with Crippen LogP contribution in [-0.4, -0.2) is 64.9 Å². The van der Waals surface area contributed by atoms with Gasteiger partial charge in [0.15, 0.2) is 17.3 Å². The number of hydrogen-bond donors (Lipinski definition) is 2. The molecule has 1 aromatic heterocycles. The van der Waals surface area contributed by atoms with Crippen molar-refractivity contribution in [3.8, 4) is 11.5 Å². The van der Waals surface area contributed by atoms with Crippen molar-refractivity contribution in [1.29, 1.82) is 0 Å². The van der Waals surface area contributed by atoms with E-state index >= 15 is 0 Å². The van der Waals surface area contributed by atoms with Crippen LogP contribution >= 0.6 is 0 Å². The number of amides is 1. The van der Waals surface area contributed by atoms with Crippen LogP contribution in [0.2, 0.25) is 0 Å². The fourth-order valence-electron chi connectivity index (χ4n) is 4.23. The maximum atomic E-state index is 12.7. The third-order valence-corrected chi connectivity index (χ3v) is 5.90. The first-order chi connectivity index (χ1) is 15.6. The molecule has 1 aromatic carbocycles. The predicted octanol–water partition coefficient (Wildman–Crippen LogP) is 2.18. The Bertz CT molecular complexity index is 896. The van der Waals surface area contributed by atoms with Gasteiger partial charge in [0.1, 0.15) is 19.3 Å². The number of nitrogens with zero attached hydrogens (tertiary/aromatic N) is 3. The van der Waals surface area contributed by atoms with Crippen LogP contribution in [0.1, 0.15) is 55.5 Å². The highest BCUT2D eigenvalue weighted by Crippen LogP contribution is 2.33. The number of rotatable bonds is 10. The van der Waals surface area contributed by atoms with E-state index in [2.05, 4.69) is 20.4 Å². The number of aromatic nitrogens is 2. The summed E-state index contributed by atoms with van der Waals surface area (Å²) in [5, 5.41) is 18.0. The Kier molecular flexibility index (Phi) is 7.59. The quantitative estimate of drug-likeness (QED) is 0.537. The molecule has 32 heavy (non-hydrogen) atoms. The number of aliphatic hydroxyl groups is 1. The maximum Gasteiger partial charge on any atom is 0.226 e. The minimum absolute atomic E-state index is 0.0625. The van der Waals surface area contributed by atoms with Gasteiger partial charge < -0.3 is 29.3 Å². The number of aryl methyl sites for hydroxylation is 2. The van der Waals surface area contributed by atoms with Gasteiger partial charge in [0, 0.05) is 19.4 Å². The molecule has 174 valence electrons. The highest BCUT2D eigenvalue weighted by molar-refractivity contribution is 5.76. The molecule has 0 unspecified atom stereocenters. The van der Waals surface area contributed by atoms with Gasteiger partial charge in [-0.3, -0.25) is 4.79 Å². The van der Waals surface area contributed by atoms with Gasteiger partial charge in [-0.05, 0) is 63.4 Å². The van der Waals surface area contributed by atoms with Gasteiger partial charge in [-0.2, -0.15) is 4.98 Å². The molecule has 0 radical (unpaired) electrons. The van der Waals surface area contributed by atoms with Crippen molar-refractivity contribution in [3.05, 3.63) is 35.5 Å². The average Bonchev–Trinajstić information content (AvgIpc) is 3.47. The number of benzene rings is 1. The Morgan fingerprint density at radius 2 is 1.97 bits per heavy atom. The first-order valence-electron chi connectivity index (χ1n) is 11.5. The number of nitrogens with one attached hydrogen (secondary N) is 1. The molecule has 0 spiro atoms. The normalized spacial score (nSPS) is 17.8. The molecule has 1 fully saturated rings. The van der Waals surface area contributed by atoms with E-state index in [1.807, 2.05) is 18.2 Å². The van der Waals surface area contributed by atoms with Crippen LogP contribution in [0.15, 0.2) is 22.7 Å². The molecule has 1 saturated heterocycles. The largest absolute Gasteiger partial charge is 0.486 e. The van der Waals surface area contributed by atoms with Crippen molar-refractivity contribution in [3.63, 3.8) is 0 Å². The van der Waals surface area contributed by atoms with Gasteiger partial charge in [-0.25, -0.2) is 0 Å². The highest BCUT2D eigenvalue weighted by Gasteiger charge is 2.27. The van der Waals surface area contributed by atoms with Crippen molar-refractivity contribution in [1.82, 2.24) is 20.4 Å². The standard InChI is InChI=1S/C23H32N4O5/c1-16-24-22(32-26-16)7-3-2-6-21(28)25-18(15-27-10-4-5-11-27)23(29)17-8-9-19-20(14-17)31-13-12-30-19/h8-9,14,18,23,29H,2-7,10-13,15H2,1H3,(H,25,28)/t18-,23+/m0/s1. The van der Waals surface area contributed by atoms with Crippen LogP contribution < -0.4 is 14.8 Å². The molecular formula is C23H32N4O5. The smallest absolute Gasteiger partial charge is 0.226 e. The maximum absolute atomic E-state index is 12.7. The van der Waals surface area contributed by atoms with Crippen LogP contribution in [0.4, 0.5) is 0 Å². The third-order valence-electron chi connectivity index (χ3n) is 5.90.